The van der Waals surface area contributed by atoms with E-state index >= 15 is 0 Å². The average Bonchev–Trinajstić information content (AvgIpc) is 3.22. The highest BCUT2D eigenvalue weighted by atomic mass is 28.4. The van der Waals surface area contributed by atoms with Crippen molar-refractivity contribution in [3.8, 4) is 0 Å². The van der Waals surface area contributed by atoms with Gasteiger partial charge in [0.15, 0.2) is 16.6 Å². The number of aromatic nitrogens is 2. The van der Waals surface area contributed by atoms with Crippen LogP contribution in [0.15, 0.2) is 41.3 Å². The van der Waals surface area contributed by atoms with Gasteiger partial charge in [-0.15, -0.1) is 0 Å². The fraction of sp³-hybridized carbons (Fsp3) is 0.621. The molecule has 2 heterocycles. The maximum Gasteiger partial charge on any atom is 0.351 e. The smallest absolute Gasteiger partial charge is 0.351 e. The van der Waals surface area contributed by atoms with Crippen LogP contribution in [-0.4, -0.2) is 51.0 Å². The zero-order valence-corrected chi connectivity index (χ0v) is 27.7. The summed E-state index contributed by atoms with van der Waals surface area (Å²) in [5.41, 5.74) is 6.37. The Morgan fingerprint density at radius 1 is 1.05 bits per heavy atom. The number of carbonyl (C=O) groups excluding carboxylic acids is 1. The molecule has 3 rings (SSSR count). The van der Waals surface area contributed by atoms with Crippen LogP contribution in [-0.2, 0) is 24.9 Å². The van der Waals surface area contributed by atoms with Gasteiger partial charge in [0.1, 0.15) is 24.8 Å². The molecule has 9 nitrogen and oxygen atoms in total. The van der Waals surface area contributed by atoms with E-state index in [-0.39, 0.29) is 34.7 Å². The molecule has 1 saturated heterocycles. The van der Waals surface area contributed by atoms with E-state index in [9.17, 15) is 9.59 Å². The van der Waals surface area contributed by atoms with Crippen molar-refractivity contribution >= 4 is 28.4 Å². The number of esters is 1. The highest BCUT2D eigenvalue weighted by molar-refractivity contribution is 6.74. The monoisotopic (exact) mass is 589 g/mol. The van der Waals surface area contributed by atoms with Gasteiger partial charge in [-0.2, -0.15) is 4.98 Å². The largest absolute Gasteiger partial charge is 0.457 e. The Balaban J connectivity index is 1.85. The van der Waals surface area contributed by atoms with E-state index < -0.39 is 34.5 Å². The van der Waals surface area contributed by atoms with Crippen LogP contribution in [0.5, 0.6) is 0 Å². The lowest BCUT2D eigenvalue weighted by molar-refractivity contribution is -0.0413. The molecule has 1 aliphatic rings. The Morgan fingerprint density at radius 3 is 2.23 bits per heavy atom. The Kier molecular flexibility index (Phi) is 9.57. The number of benzene rings is 1. The minimum Gasteiger partial charge on any atom is -0.457 e. The van der Waals surface area contributed by atoms with Crippen molar-refractivity contribution in [2.75, 3.05) is 12.3 Å². The van der Waals surface area contributed by atoms with Crippen molar-refractivity contribution in [2.24, 2.45) is 0 Å². The third-order valence-corrected chi connectivity index (χ3v) is 17.6. The Bertz CT molecular complexity index is 1240. The first-order valence-electron chi connectivity index (χ1n) is 13.9. The molecule has 0 spiro atoms. The molecule has 0 unspecified atom stereocenters. The number of ether oxygens (including phenoxy) is 2. The molecule has 2 aromatic rings. The van der Waals surface area contributed by atoms with Gasteiger partial charge in [0.25, 0.3) is 0 Å². The Labute approximate surface area is 240 Å². The summed E-state index contributed by atoms with van der Waals surface area (Å²) in [6, 6.07) is 8.69. The molecule has 0 amide bonds. The van der Waals surface area contributed by atoms with Gasteiger partial charge in [0.05, 0.1) is 18.3 Å². The minimum absolute atomic E-state index is 0.00527. The van der Waals surface area contributed by atoms with Gasteiger partial charge in [-0.1, -0.05) is 59.7 Å². The lowest BCUT2D eigenvalue weighted by Gasteiger charge is -2.40. The second-order valence-corrected chi connectivity index (χ2v) is 23.2. The predicted octanol–water partition coefficient (Wildman–Crippen LogP) is 5.88. The molecule has 40 heavy (non-hydrogen) atoms. The first-order chi connectivity index (χ1) is 18.3. The summed E-state index contributed by atoms with van der Waals surface area (Å²) in [6.45, 7) is 22.3. The molecule has 1 aromatic carbocycles. The number of nitrogen functional groups attached to an aromatic ring is 1. The van der Waals surface area contributed by atoms with Crippen LogP contribution in [0, 0.1) is 0 Å². The minimum atomic E-state index is -2.15. The second-order valence-electron chi connectivity index (χ2n) is 13.6. The van der Waals surface area contributed by atoms with Crippen LogP contribution < -0.4 is 11.4 Å². The Morgan fingerprint density at radius 2 is 1.65 bits per heavy atom. The van der Waals surface area contributed by atoms with Gasteiger partial charge in [0.2, 0.25) is 0 Å². The molecule has 0 aliphatic carbocycles. The highest BCUT2D eigenvalue weighted by Gasteiger charge is 2.46. The maximum atomic E-state index is 13.0. The van der Waals surface area contributed by atoms with Crippen LogP contribution in [0.2, 0.25) is 36.3 Å². The second kappa shape index (κ2) is 11.9. The Hall–Kier alpha value is -2.32. The third-order valence-electron chi connectivity index (χ3n) is 8.59. The molecule has 1 aliphatic heterocycles. The number of carbonyl (C=O) groups is 1. The first kappa shape index (κ1) is 32.2. The molecule has 1 fully saturated rings. The molecule has 0 bridgehead atoms. The summed E-state index contributed by atoms with van der Waals surface area (Å²) in [5.74, 6) is -0.465. The van der Waals surface area contributed by atoms with Crippen LogP contribution >= 0.6 is 0 Å². The van der Waals surface area contributed by atoms with Crippen LogP contribution in [0.1, 0.15) is 70.1 Å². The lowest BCUT2D eigenvalue weighted by Crippen LogP contribution is -2.48. The molecular formula is C29H47N3O6Si2. The van der Waals surface area contributed by atoms with Gasteiger partial charge < -0.3 is 24.1 Å². The van der Waals surface area contributed by atoms with Gasteiger partial charge in [-0.25, -0.2) is 9.59 Å². The summed E-state index contributed by atoms with van der Waals surface area (Å²) >= 11 is 0. The van der Waals surface area contributed by atoms with E-state index in [0.717, 1.165) is 0 Å². The fourth-order valence-corrected chi connectivity index (χ4v) is 6.22. The molecule has 0 saturated carbocycles. The zero-order valence-electron chi connectivity index (χ0n) is 25.7. The van der Waals surface area contributed by atoms with Crippen molar-refractivity contribution in [1.29, 1.82) is 0 Å². The number of nitrogens with two attached hydrogens (primary N) is 1. The summed E-state index contributed by atoms with van der Waals surface area (Å²) < 4.78 is 26.7. The maximum absolute atomic E-state index is 13.0. The molecule has 1 aromatic heterocycles. The fourth-order valence-electron chi connectivity index (χ4n) is 3.85. The molecule has 2 N–H and O–H groups in total. The van der Waals surface area contributed by atoms with Crippen molar-refractivity contribution in [2.45, 2.75) is 109 Å². The normalized spacial score (nSPS) is 20.5. The van der Waals surface area contributed by atoms with Crippen LogP contribution in [0.4, 0.5) is 5.82 Å². The van der Waals surface area contributed by atoms with Crippen molar-refractivity contribution in [3.05, 3.63) is 58.1 Å². The predicted molar refractivity (Wildman–Crippen MR) is 162 cm³/mol. The lowest BCUT2D eigenvalue weighted by atomic mass is 10.2. The van der Waals surface area contributed by atoms with Gasteiger partial charge in [0, 0.05) is 18.2 Å². The first-order valence-corrected chi connectivity index (χ1v) is 19.7. The topological polar surface area (TPSA) is 115 Å². The summed E-state index contributed by atoms with van der Waals surface area (Å²) in [7, 11) is -4.20. The molecular weight excluding hydrogens is 543 g/mol. The van der Waals surface area contributed by atoms with E-state index in [4.69, 9.17) is 24.1 Å². The van der Waals surface area contributed by atoms with Gasteiger partial charge in [-0.05, 0) is 48.4 Å². The molecule has 0 radical (unpaired) electrons. The van der Waals surface area contributed by atoms with E-state index in [2.05, 4.69) is 72.7 Å². The number of nitrogens with zero attached hydrogens (tertiary/aromatic N) is 2. The van der Waals surface area contributed by atoms with Crippen molar-refractivity contribution in [1.82, 2.24) is 9.55 Å². The van der Waals surface area contributed by atoms with E-state index in [0.29, 0.717) is 24.2 Å². The quantitative estimate of drug-likeness (QED) is 0.285. The number of rotatable bonds is 9. The van der Waals surface area contributed by atoms with Crippen LogP contribution in [0.3, 0.4) is 0 Å². The van der Waals surface area contributed by atoms with E-state index in [1.165, 1.54) is 4.57 Å². The standard InChI is InChI=1S/C29H47N3O6Si2/c1-28(2,3)39(7,8)36-19-23-22(38-40(9,10)29(4,5)6)16-24(37-23)32-17-21(25(30)31-27(32)34)18-35-26(33)20-14-12-11-13-15-20/h11-15,17,22-24H,16,18-19H2,1-10H3,(H2,30,31,34)/t22-,23+,24+/m0/s1. The molecule has 222 valence electrons. The number of anilines is 1. The van der Waals surface area contributed by atoms with Crippen LogP contribution in [0.25, 0.3) is 0 Å². The molecule has 11 heteroatoms. The SMILES string of the molecule is CC(C)(C)[Si](C)(C)OC[C@H]1O[C@@H](n2cc(COC(=O)c3ccccc3)c(N)nc2=O)C[C@@H]1O[Si](C)(C)C(C)(C)C. The van der Waals surface area contributed by atoms with E-state index in [1.54, 1.807) is 30.5 Å². The van der Waals surface area contributed by atoms with Crippen molar-refractivity contribution < 1.29 is 23.1 Å². The number of hydrogen-bond donors (Lipinski definition) is 1. The molecule has 3 atom stereocenters. The zero-order chi connectivity index (χ0) is 30.1. The van der Waals surface area contributed by atoms with E-state index in [1.807, 2.05) is 6.07 Å². The highest BCUT2D eigenvalue weighted by Crippen LogP contribution is 2.42. The number of hydrogen-bond acceptors (Lipinski definition) is 8. The van der Waals surface area contributed by atoms with Gasteiger partial charge in [-0.3, -0.25) is 4.57 Å². The summed E-state index contributed by atoms with van der Waals surface area (Å²) in [5, 5.41) is 0.0516. The average molecular weight is 590 g/mol. The van der Waals surface area contributed by atoms with Crippen molar-refractivity contribution in [3.63, 3.8) is 0 Å². The summed E-state index contributed by atoms with van der Waals surface area (Å²) in [6.07, 6.45) is 0.824. The summed E-state index contributed by atoms with van der Waals surface area (Å²) in [4.78, 5) is 29.4. The third kappa shape index (κ3) is 7.49. The van der Waals surface area contributed by atoms with Gasteiger partial charge >= 0.3 is 11.7 Å².